The molecule has 1 saturated heterocycles. The molecule has 1 aliphatic heterocycles. The predicted molar refractivity (Wildman–Crippen MR) is 83.5 cm³/mol. The Morgan fingerprint density at radius 1 is 1.10 bits per heavy atom. The maximum atomic E-state index is 14.2. The van der Waals surface area contributed by atoms with Gasteiger partial charge in [0.05, 0.1) is 4.47 Å². The van der Waals surface area contributed by atoms with Gasteiger partial charge in [-0.1, -0.05) is 29.8 Å². The molecule has 0 unspecified atom stereocenters. The minimum atomic E-state index is -0.492. The molecule has 1 N–H and O–H groups in total. The van der Waals surface area contributed by atoms with Crippen LogP contribution in [0.3, 0.4) is 0 Å². The number of halogens is 3. The first kappa shape index (κ1) is 14.7. The summed E-state index contributed by atoms with van der Waals surface area (Å²) in [7, 11) is 0. The molecule has 2 aromatic rings. The SMILES string of the molecule is Cc1ccc(C2(Cc3c(F)ccc(Br)c3F)CNC2)cc1. The summed E-state index contributed by atoms with van der Waals surface area (Å²) in [6, 6.07) is 10.9. The van der Waals surface area contributed by atoms with Crippen molar-refractivity contribution in [2.24, 2.45) is 0 Å². The van der Waals surface area contributed by atoms with E-state index < -0.39 is 11.6 Å². The largest absolute Gasteiger partial charge is 0.315 e. The fourth-order valence-corrected chi connectivity index (χ4v) is 3.21. The molecule has 4 heteroatoms. The number of nitrogens with one attached hydrogen (secondary N) is 1. The van der Waals surface area contributed by atoms with Crippen LogP contribution in [0.4, 0.5) is 8.78 Å². The van der Waals surface area contributed by atoms with Crippen molar-refractivity contribution in [2.45, 2.75) is 18.8 Å². The van der Waals surface area contributed by atoms with Crippen molar-refractivity contribution in [1.82, 2.24) is 5.32 Å². The average molecular weight is 352 g/mol. The highest BCUT2D eigenvalue weighted by Crippen LogP contribution is 2.35. The Morgan fingerprint density at radius 3 is 2.33 bits per heavy atom. The molecule has 0 bridgehead atoms. The normalized spacial score (nSPS) is 16.6. The third-order valence-electron chi connectivity index (χ3n) is 4.24. The summed E-state index contributed by atoms with van der Waals surface area (Å²) in [5, 5.41) is 3.23. The minimum absolute atomic E-state index is 0.159. The van der Waals surface area contributed by atoms with Gasteiger partial charge in [-0.15, -0.1) is 0 Å². The van der Waals surface area contributed by atoms with Crippen LogP contribution in [-0.2, 0) is 11.8 Å². The van der Waals surface area contributed by atoms with Gasteiger partial charge in [0.1, 0.15) is 11.6 Å². The van der Waals surface area contributed by atoms with Crippen LogP contribution in [0.15, 0.2) is 40.9 Å². The van der Waals surface area contributed by atoms with E-state index in [9.17, 15) is 8.78 Å². The lowest BCUT2D eigenvalue weighted by Gasteiger charge is -2.43. The lowest BCUT2D eigenvalue weighted by molar-refractivity contribution is 0.268. The third kappa shape index (κ3) is 2.62. The van der Waals surface area contributed by atoms with E-state index in [4.69, 9.17) is 0 Å². The molecule has 0 amide bonds. The third-order valence-corrected chi connectivity index (χ3v) is 4.86. The summed E-state index contributed by atoms with van der Waals surface area (Å²) in [5.74, 6) is -0.970. The van der Waals surface area contributed by atoms with Crippen LogP contribution in [0.25, 0.3) is 0 Å². The molecule has 1 aliphatic rings. The second-order valence-corrected chi connectivity index (χ2v) is 6.60. The van der Waals surface area contributed by atoms with E-state index in [0.717, 1.165) is 18.7 Å². The molecule has 0 aromatic heterocycles. The summed E-state index contributed by atoms with van der Waals surface area (Å²) >= 11 is 3.14. The quantitative estimate of drug-likeness (QED) is 0.820. The molecule has 1 nitrogen and oxygen atoms in total. The first-order valence-corrected chi connectivity index (χ1v) is 7.71. The molecule has 1 fully saturated rings. The fourth-order valence-electron chi connectivity index (χ4n) is 2.83. The van der Waals surface area contributed by atoms with E-state index in [-0.39, 0.29) is 11.0 Å². The van der Waals surface area contributed by atoms with E-state index in [1.165, 1.54) is 17.7 Å². The Bertz CT molecular complexity index is 663. The van der Waals surface area contributed by atoms with Gasteiger partial charge in [0.15, 0.2) is 0 Å². The van der Waals surface area contributed by atoms with Gasteiger partial charge in [0.25, 0.3) is 0 Å². The molecule has 0 aliphatic carbocycles. The zero-order valence-corrected chi connectivity index (χ0v) is 13.3. The van der Waals surface area contributed by atoms with Crippen molar-refractivity contribution >= 4 is 15.9 Å². The number of hydrogen-bond acceptors (Lipinski definition) is 1. The minimum Gasteiger partial charge on any atom is -0.315 e. The topological polar surface area (TPSA) is 12.0 Å². The van der Waals surface area contributed by atoms with Crippen molar-refractivity contribution < 1.29 is 8.78 Å². The Kier molecular flexibility index (Phi) is 3.84. The molecule has 2 aromatic carbocycles. The van der Waals surface area contributed by atoms with Gasteiger partial charge in [0, 0.05) is 24.1 Å². The van der Waals surface area contributed by atoms with Gasteiger partial charge >= 0.3 is 0 Å². The highest BCUT2D eigenvalue weighted by Gasteiger charge is 2.40. The van der Waals surface area contributed by atoms with Crippen LogP contribution in [0.1, 0.15) is 16.7 Å². The molecule has 0 spiro atoms. The Morgan fingerprint density at radius 2 is 1.76 bits per heavy atom. The fraction of sp³-hybridized carbons (Fsp3) is 0.294. The first-order valence-electron chi connectivity index (χ1n) is 6.92. The summed E-state index contributed by atoms with van der Waals surface area (Å²) < 4.78 is 28.6. The van der Waals surface area contributed by atoms with Crippen molar-refractivity contribution in [3.63, 3.8) is 0 Å². The van der Waals surface area contributed by atoms with E-state index in [0.29, 0.717) is 10.9 Å². The monoisotopic (exact) mass is 351 g/mol. The predicted octanol–water partition coefficient (Wildman–Crippen LogP) is 4.12. The molecule has 3 rings (SSSR count). The van der Waals surface area contributed by atoms with Gasteiger partial charge in [-0.25, -0.2) is 8.78 Å². The van der Waals surface area contributed by atoms with Crippen molar-refractivity contribution in [3.05, 3.63) is 69.2 Å². The van der Waals surface area contributed by atoms with Gasteiger partial charge in [-0.3, -0.25) is 0 Å². The van der Waals surface area contributed by atoms with Crippen LogP contribution in [0.5, 0.6) is 0 Å². The number of hydrogen-bond donors (Lipinski definition) is 1. The van der Waals surface area contributed by atoms with E-state index in [1.807, 2.05) is 19.1 Å². The standard InChI is InChI=1S/C17H16BrF2N/c1-11-2-4-12(5-3-11)17(9-21-10-17)8-13-15(19)7-6-14(18)16(13)20/h2-7,21H,8-10H2,1H3. The smallest absolute Gasteiger partial charge is 0.143 e. The van der Waals surface area contributed by atoms with Gasteiger partial charge < -0.3 is 5.32 Å². The van der Waals surface area contributed by atoms with Crippen molar-refractivity contribution in [1.29, 1.82) is 0 Å². The van der Waals surface area contributed by atoms with Crippen LogP contribution < -0.4 is 5.32 Å². The first-order chi connectivity index (χ1) is 10.0. The van der Waals surface area contributed by atoms with Crippen molar-refractivity contribution in [3.8, 4) is 0 Å². The van der Waals surface area contributed by atoms with Gasteiger partial charge in [-0.05, 0) is 47.0 Å². The summed E-state index contributed by atoms with van der Waals surface area (Å²) in [6.45, 7) is 3.51. The second kappa shape index (κ2) is 5.50. The molecule has 110 valence electrons. The van der Waals surface area contributed by atoms with Crippen LogP contribution >= 0.6 is 15.9 Å². The van der Waals surface area contributed by atoms with Gasteiger partial charge in [0.2, 0.25) is 0 Å². The number of aryl methyl sites for hydroxylation is 1. The zero-order valence-electron chi connectivity index (χ0n) is 11.7. The van der Waals surface area contributed by atoms with Crippen LogP contribution in [0.2, 0.25) is 0 Å². The van der Waals surface area contributed by atoms with E-state index >= 15 is 0 Å². The highest BCUT2D eigenvalue weighted by molar-refractivity contribution is 9.10. The lowest BCUT2D eigenvalue weighted by Crippen LogP contribution is -2.58. The summed E-state index contributed by atoms with van der Waals surface area (Å²) in [4.78, 5) is 0. The average Bonchev–Trinajstić information content (AvgIpc) is 2.43. The Balaban J connectivity index is 1.99. The molecule has 1 heterocycles. The van der Waals surface area contributed by atoms with Crippen molar-refractivity contribution in [2.75, 3.05) is 13.1 Å². The molecular weight excluding hydrogens is 336 g/mol. The number of benzene rings is 2. The highest BCUT2D eigenvalue weighted by atomic mass is 79.9. The van der Waals surface area contributed by atoms with E-state index in [2.05, 4.69) is 33.4 Å². The maximum Gasteiger partial charge on any atom is 0.143 e. The van der Waals surface area contributed by atoms with Crippen LogP contribution in [-0.4, -0.2) is 13.1 Å². The Hall–Kier alpha value is -1.26. The number of rotatable bonds is 3. The maximum absolute atomic E-state index is 14.2. The molecule has 0 radical (unpaired) electrons. The van der Waals surface area contributed by atoms with Gasteiger partial charge in [-0.2, -0.15) is 0 Å². The van der Waals surface area contributed by atoms with E-state index in [1.54, 1.807) is 0 Å². The molecule has 0 atom stereocenters. The second-order valence-electron chi connectivity index (χ2n) is 5.75. The molecule has 21 heavy (non-hydrogen) atoms. The van der Waals surface area contributed by atoms with Crippen LogP contribution in [0, 0.1) is 18.6 Å². The molecule has 0 saturated carbocycles. The lowest BCUT2D eigenvalue weighted by atomic mass is 9.70. The summed E-state index contributed by atoms with van der Waals surface area (Å²) in [5.41, 5.74) is 2.24. The summed E-state index contributed by atoms with van der Waals surface area (Å²) in [6.07, 6.45) is 0.361. The molecular formula is C17H16BrF2N. The zero-order chi connectivity index (χ0) is 15.0. The Labute approximate surface area is 131 Å².